The molecule has 1 aromatic carbocycles. The lowest BCUT2D eigenvalue weighted by Gasteiger charge is -2.12. The smallest absolute Gasteiger partial charge is 0.0239 e. The molecule has 0 aromatic heterocycles. The predicted octanol–water partition coefficient (Wildman–Crippen LogP) is 2.83. The van der Waals surface area contributed by atoms with E-state index in [4.69, 9.17) is 0 Å². The lowest BCUT2D eigenvalue weighted by atomic mass is 9.97. The van der Waals surface area contributed by atoms with Gasteiger partial charge in [0.05, 0.1) is 0 Å². The molecular weight excluding hydrogens is 226 g/mol. The first-order chi connectivity index (χ1) is 6.29. The zero-order valence-electron chi connectivity index (χ0n) is 7.81. The molecule has 1 saturated heterocycles. The average molecular weight is 240 g/mol. The summed E-state index contributed by atoms with van der Waals surface area (Å²) in [5.74, 6) is 0.703. The van der Waals surface area contributed by atoms with E-state index < -0.39 is 0 Å². The minimum absolute atomic E-state index is 0.703. The number of benzene rings is 1. The van der Waals surface area contributed by atoms with E-state index in [0.29, 0.717) is 5.92 Å². The number of hydrogen-bond donors (Lipinski definition) is 1. The normalized spacial score (nSPS) is 22.2. The maximum Gasteiger partial charge on any atom is 0.0239 e. The predicted molar refractivity (Wildman–Crippen MR) is 59.1 cm³/mol. The second-order valence-electron chi connectivity index (χ2n) is 3.67. The summed E-state index contributed by atoms with van der Waals surface area (Å²) in [6, 6.07) is 6.53. The van der Waals surface area contributed by atoms with Crippen LogP contribution in [0, 0.1) is 6.92 Å². The molecule has 1 fully saturated rings. The van der Waals surface area contributed by atoms with Crippen LogP contribution in [-0.2, 0) is 0 Å². The first-order valence-electron chi connectivity index (χ1n) is 4.75. The number of aryl methyl sites for hydroxylation is 1. The first-order valence-corrected chi connectivity index (χ1v) is 5.54. The molecule has 1 N–H and O–H groups in total. The second kappa shape index (κ2) is 3.81. The van der Waals surface area contributed by atoms with Gasteiger partial charge in [-0.15, -0.1) is 0 Å². The zero-order valence-corrected chi connectivity index (χ0v) is 9.39. The summed E-state index contributed by atoms with van der Waals surface area (Å²) >= 11 is 3.66. The van der Waals surface area contributed by atoms with Crippen LogP contribution < -0.4 is 5.32 Å². The average Bonchev–Trinajstić information content (AvgIpc) is 2.62. The Labute approximate surface area is 87.7 Å². The molecule has 1 nitrogen and oxygen atoms in total. The van der Waals surface area contributed by atoms with Crippen molar-refractivity contribution in [3.05, 3.63) is 33.8 Å². The van der Waals surface area contributed by atoms with Gasteiger partial charge in [0, 0.05) is 11.0 Å². The van der Waals surface area contributed by atoms with Crippen molar-refractivity contribution in [2.24, 2.45) is 0 Å². The van der Waals surface area contributed by atoms with Crippen molar-refractivity contribution in [2.75, 3.05) is 13.1 Å². The lowest BCUT2D eigenvalue weighted by Crippen LogP contribution is -2.08. The van der Waals surface area contributed by atoms with Crippen molar-refractivity contribution < 1.29 is 0 Å². The number of nitrogens with one attached hydrogen (secondary N) is 1. The molecule has 1 heterocycles. The molecule has 0 saturated carbocycles. The van der Waals surface area contributed by atoms with Crippen LogP contribution in [0.1, 0.15) is 23.5 Å². The van der Waals surface area contributed by atoms with E-state index in [2.05, 4.69) is 46.4 Å². The molecule has 0 bridgehead atoms. The topological polar surface area (TPSA) is 12.0 Å². The Morgan fingerprint density at radius 2 is 2.31 bits per heavy atom. The molecule has 0 unspecified atom stereocenters. The summed E-state index contributed by atoms with van der Waals surface area (Å²) in [5.41, 5.74) is 2.80. The molecule has 1 aliphatic heterocycles. The fourth-order valence-electron chi connectivity index (χ4n) is 1.91. The van der Waals surface area contributed by atoms with Gasteiger partial charge < -0.3 is 5.32 Å². The van der Waals surface area contributed by atoms with Crippen LogP contribution in [0.2, 0.25) is 0 Å². The van der Waals surface area contributed by atoms with E-state index in [1.165, 1.54) is 22.0 Å². The van der Waals surface area contributed by atoms with Crippen molar-refractivity contribution in [2.45, 2.75) is 19.3 Å². The molecule has 1 aliphatic rings. The van der Waals surface area contributed by atoms with Crippen LogP contribution in [0.5, 0.6) is 0 Å². The molecule has 0 amide bonds. The van der Waals surface area contributed by atoms with Crippen molar-refractivity contribution in [3.63, 3.8) is 0 Å². The van der Waals surface area contributed by atoms with E-state index in [-0.39, 0.29) is 0 Å². The molecule has 0 spiro atoms. The molecule has 0 aliphatic carbocycles. The SMILES string of the molecule is Cc1cccc([C@H]2CCNC2)c1Br. The Morgan fingerprint density at radius 3 is 3.00 bits per heavy atom. The van der Waals surface area contributed by atoms with Gasteiger partial charge in [-0.1, -0.05) is 34.1 Å². The van der Waals surface area contributed by atoms with Crippen LogP contribution in [0.3, 0.4) is 0 Å². The third-order valence-corrected chi connectivity index (χ3v) is 3.81. The molecule has 2 rings (SSSR count). The Morgan fingerprint density at radius 1 is 1.46 bits per heavy atom. The third-order valence-electron chi connectivity index (χ3n) is 2.72. The van der Waals surface area contributed by atoms with Crippen LogP contribution in [0.25, 0.3) is 0 Å². The fourth-order valence-corrected chi connectivity index (χ4v) is 2.49. The number of halogens is 1. The van der Waals surface area contributed by atoms with Gasteiger partial charge in [-0.25, -0.2) is 0 Å². The molecule has 70 valence electrons. The Kier molecular flexibility index (Phi) is 2.70. The molecule has 13 heavy (non-hydrogen) atoms. The van der Waals surface area contributed by atoms with Crippen molar-refractivity contribution in [1.82, 2.24) is 5.32 Å². The fraction of sp³-hybridized carbons (Fsp3) is 0.455. The first kappa shape index (κ1) is 9.22. The van der Waals surface area contributed by atoms with E-state index in [1.807, 2.05) is 0 Å². The third kappa shape index (κ3) is 1.79. The Bertz CT molecular complexity index is 303. The maximum absolute atomic E-state index is 3.66. The van der Waals surface area contributed by atoms with E-state index in [9.17, 15) is 0 Å². The van der Waals surface area contributed by atoms with Crippen LogP contribution in [0.15, 0.2) is 22.7 Å². The summed E-state index contributed by atoms with van der Waals surface area (Å²) in [6.45, 7) is 4.43. The van der Waals surface area contributed by atoms with Gasteiger partial charge in [0.2, 0.25) is 0 Å². The van der Waals surface area contributed by atoms with Gasteiger partial charge >= 0.3 is 0 Å². The van der Waals surface area contributed by atoms with Gasteiger partial charge in [0.1, 0.15) is 0 Å². The van der Waals surface area contributed by atoms with Gasteiger partial charge in [-0.2, -0.15) is 0 Å². The Balaban J connectivity index is 2.33. The highest BCUT2D eigenvalue weighted by molar-refractivity contribution is 9.10. The monoisotopic (exact) mass is 239 g/mol. The van der Waals surface area contributed by atoms with E-state index in [1.54, 1.807) is 0 Å². The molecular formula is C11H14BrN. The highest BCUT2D eigenvalue weighted by Crippen LogP contribution is 2.31. The molecule has 0 radical (unpaired) electrons. The number of rotatable bonds is 1. The van der Waals surface area contributed by atoms with Crippen LogP contribution in [0.4, 0.5) is 0 Å². The zero-order chi connectivity index (χ0) is 9.26. The summed E-state index contributed by atoms with van der Waals surface area (Å²) in [4.78, 5) is 0. The molecule has 2 heteroatoms. The molecule has 1 aromatic rings. The highest BCUT2D eigenvalue weighted by atomic mass is 79.9. The van der Waals surface area contributed by atoms with Crippen LogP contribution in [-0.4, -0.2) is 13.1 Å². The number of hydrogen-bond acceptors (Lipinski definition) is 1. The van der Waals surface area contributed by atoms with Crippen molar-refractivity contribution in [1.29, 1.82) is 0 Å². The van der Waals surface area contributed by atoms with Crippen molar-refractivity contribution >= 4 is 15.9 Å². The summed E-state index contributed by atoms with van der Waals surface area (Å²) < 4.78 is 1.30. The second-order valence-corrected chi connectivity index (χ2v) is 4.46. The van der Waals surface area contributed by atoms with Gasteiger partial charge in [0.15, 0.2) is 0 Å². The van der Waals surface area contributed by atoms with E-state index in [0.717, 1.165) is 13.1 Å². The van der Waals surface area contributed by atoms with Crippen molar-refractivity contribution in [3.8, 4) is 0 Å². The van der Waals surface area contributed by atoms with E-state index >= 15 is 0 Å². The lowest BCUT2D eigenvalue weighted by molar-refractivity contribution is 0.758. The summed E-state index contributed by atoms with van der Waals surface area (Å²) in [7, 11) is 0. The Hall–Kier alpha value is -0.340. The van der Waals surface area contributed by atoms with Gasteiger partial charge in [-0.05, 0) is 36.9 Å². The van der Waals surface area contributed by atoms with Gasteiger partial charge in [0.25, 0.3) is 0 Å². The minimum atomic E-state index is 0.703. The van der Waals surface area contributed by atoms with Crippen LogP contribution >= 0.6 is 15.9 Å². The molecule has 1 atom stereocenters. The van der Waals surface area contributed by atoms with Gasteiger partial charge in [-0.3, -0.25) is 0 Å². The minimum Gasteiger partial charge on any atom is -0.316 e. The summed E-state index contributed by atoms with van der Waals surface area (Å²) in [6.07, 6.45) is 1.27. The highest BCUT2D eigenvalue weighted by Gasteiger charge is 2.18. The summed E-state index contributed by atoms with van der Waals surface area (Å²) in [5, 5.41) is 3.40. The largest absolute Gasteiger partial charge is 0.316 e. The maximum atomic E-state index is 3.66. The standard InChI is InChI=1S/C11H14BrN/c1-8-3-2-4-10(11(8)12)9-5-6-13-7-9/h2-4,9,13H,5-7H2,1H3/t9-/m0/s1. The quantitative estimate of drug-likeness (QED) is 0.795.